The third-order valence-corrected chi connectivity index (χ3v) is 3.62. The van der Waals surface area contributed by atoms with Crippen LogP contribution < -0.4 is 10.5 Å². The average Bonchev–Trinajstić information content (AvgIpc) is 2.81. The van der Waals surface area contributed by atoms with Crippen LogP contribution in [0.25, 0.3) is 0 Å². The number of hydrogen-bond acceptors (Lipinski definition) is 2. The van der Waals surface area contributed by atoms with Gasteiger partial charge in [-0.3, -0.25) is 0 Å². The second-order valence-electron chi connectivity index (χ2n) is 5.24. The maximum atomic E-state index is 6.24. The molecule has 2 N–H and O–H groups in total. The minimum atomic E-state index is 0.154. The van der Waals surface area contributed by atoms with Crippen molar-refractivity contribution in [3.05, 3.63) is 65.7 Å². The zero-order valence-corrected chi connectivity index (χ0v) is 11.0. The maximum Gasteiger partial charge on any atom is 0.123 e. The molecule has 1 heterocycles. The molecule has 2 nitrogen and oxygen atoms in total. The van der Waals surface area contributed by atoms with Crippen molar-refractivity contribution in [2.45, 2.75) is 31.4 Å². The first-order chi connectivity index (χ1) is 9.31. The highest BCUT2D eigenvalue weighted by molar-refractivity contribution is 5.37. The number of nitrogens with two attached hydrogens (primary N) is 1. The van der Waals surface area contributed by atoms with E-state index in [9.17, 15) is 0 Å². The van der Waals surface area contributed by atoms with Gasteiger partial charge in [-0.1, -0.05) is 48.5 Å². The molecule has 0 amide bonds. The Morgan fingerprint density at radius 3 is 2.58 bits per heavy atom. The Kier molecular flexibility index (Phi) is 3.51. The molecule has 19 heavy (non-hydrogen) atoms. The van der Waals surface area contributed by atoms with Gasteiger partial charge in [0.1, 0.15) is 11.9 Å². The van der Waals surface area contributed by atoms with Crippen LogP contribution in [0.1, 0.15) is 17.5 Å². The molecule has 2 heteroatoms. The van der Waals surface area contributed by atoms with Gasteiger partial charge in [0.25, 0.3) is 0 Å². The Hall–Kier alpha value is -1.80. The second-order valence-corrected chi connectivity index (χ2v) is 5.24. The van der Waals surface area contributed by atoms with Gasteiger partial charge in [0.2, 0.25) is 0 Å². The summed E-state index contributed by atoms with van der Waals surface area (Å²) >= 11 is 0. The molecule has 0 aromatic heterocycles. The molecule has 0 bridgehead atoms. The van der Waals surface area contributed by atoms with Crippen LogP contribution in [0.4, 0.5) is 0 Å². The molecule has 2 aromatic rings. The third-order valence-electron chi connectivity index (χ3n) is 3.62. The molecule has 0 fully saturated rings. The number of fused-ring (bicyclic) bond motifs is 1. The quantitative estimate of drug-likeness (QED) is 0.909. The summed E-state index contributed by atoms with van der Waals surface area (Å²) in [6.07, 6.45) is 3.04. The lowest BCUT2D eigenvalue weighted by Crippen LogP contribution is -2.30. The molecule has 2 atom stereocenters. The van der Waals surface area contributed by atoms with Crippen LogP contribution in [0, 0.1) is 0 Å². The van der Waals surface area contributed by atoms with E-state index in [1.54, 1.807) is 0 Å². The SMILES string of the molecule is NC(Cc1ccccc1)CC1Cc2ccccc2O1. The molecule has 98 valence electrons. The Bertz CT molecular complexity index is 513. The van der Waals surface area contributed by atoms with Crippen LogP contribution >= 0.6 is 0 Å². The Labute approximate surface area is 114 Å². The van der Waals surface area contributed by atoms with Gasteiger partial charge in [-0.15, -0.1) is 0 Å². The minimum Gasteiger partial charge on any atom is -0.490 e. The zero-order valence-electron chi connectivity index (χ0n) is 11.0. The first kappa shape index (κ1) is 12.2. The first-order valence-electron chi connectivity index (χ1n) is 6.85. The van der Waals surface area contributed by atoms with Crippen LogP contribution in [-0.2, 0) is 12.8 Å². The van der Waals surface area contributed by atoms with Crippen molar-refractivity contribution in [3.63, 3.8) is 0 Å². The maximum absolute atomic E-state index is 6.24. The molecule has 0 saturated heterocycles. The summed E-state index contributed by atoms with van der Waals surface area (Å²) in [6, 6.07) is 18.8. The van der Waals surface area contributed by atoms with Gasteiger partial charge in [0, 0.05) is 18.9 Å². The smallest absolute Gasteiger partial charge is 0.123 e. The summed E-state index contributed by atoms with van der Waals surface area (Å²) < 4.78 is 5.94. The molecule has 0 spiro atoms. The van der Waals surface area contributed by atoms with Crippen molar-refractivity contribution in [2.24, 2.45) is 5.73 Å². The van der Waals surface area contributed by atoms with Gasteiger partial charge in [0.15, 0.2) is 0 Å². The van der Waals surface area contributed by atoms with E-state index < -0.39 is 0 Å². The van der Waals surface area contributed by atoms with Crippen LogP contribution in [-0.4, -0.2) is 12.1 Å². The first-order valence-corrected chi connectivity index (χ1v) is 6.85. The van der Waals surface area contributed by atoms with Gasteiger partial charge < -0.3 is 10.5 Å². The molecule has 2 aromatic carbocycles. The highest BCUT2D eigenvalue weighted by Crippen LogP contribution is 2.29. The lowest BCUT2D eigenvalue weighted by molar-refractivity contribution is 0.210. The fourth-order valence-electron chi connectivity index (χ4n) is 2.72. The largest absolute Gasteiger partial charge is 0.490 e. The monoisotopic (exact) mass is 253 g/mol. The predicted molar refractivity (Wildman–Crippen MR) is 77.3 cm³/mol. The van der Waals surface area contributed by atoms with E-state index in [0.29, 0.717) is 0 Å². The van der Waals surface area contributed by atoms with E-state index in [-0.39, 0.29) is 12.1 Å². The van der Waals surface area contributed by atoms with E-state index in [1.807, 2.05) is 18.2 Å². The number of ether oxygens (including phenoxy) is 1. The molecule has 1 aliphatic rings. The number of benzene rings is 2. The van der Waals surface area contributed by atoms with Crippen LogP contribution in [0.2, 0.25) is 0 Å². The number of para-hydroxylation sites is 1. The zero-order chi connectivity index (χ0) is 13.1. The molecule has 0 radical (unpaired) electrons. The second kappa shape index (κ2) is 5.45. The molecule has 2 unspecified atom stereocenters. The van der Waals surface area contributed by atoms with Crippen LogP contribution in [0.15, 0.2) is 54.6 Å². The number of rotatable bonds is 4. The Morgan fingerprint density at radius 1 is 1.05 bits per heavy atom. The van der Waals surface area contributed by atoms with E-state index >= 15 is 0 Å². The van der Waals surface area contributed by atoms with Crippen molar-refractivity contribution in [2.75, 3.05) is 0 Å². The summed E-state index contributed by atoms with van der Waals surface area (Å²) in [6.45, 7) is 0. The van der Waals surface area contributed by atoms with Crippen molar-refractivity contribution in [3.8, 4) is 5.75 Å². The molecule has 3 rings (SSSR count). The summed E-state index contributed by atoms with van der Waals surface area (Å²) in [5, 5.41) is 0. The predicted octanol–water partition coefficient (Wildman–Crippen LogP) is 2.95. The van der Waals surface area contributed by atoms with Gasteiger partial charge in [-0.25, -0.2) is 0 Å². The molecular formula is C17H19NO. The van der Waals surface area contributed by atoms with Crippen molar-refractivity contribution >= 4 is 0 Å². The van der Waals surface area contributed by atoms with Gasteiger partial charge in [0.05, 0.1) is 0 Å². The fraction of sp³-hybridized carbons (Fsp3) is 0.294. The summed E-state index contributed by atoms with van der Waals surface area (Å²) in [4.78, 5) is 0. The fourth-order valence-corrected chi connectivity index (χ4v) is 2.72. The Balaban J connectivity index is 1.56. The molecule has 1 aliphatic heterocycles. The summed E-state index contributed by atoms with van der Waals surface area (Å²) in [5.74, 6) is 1.03. The molecular weight excluding hydrogens is 234 g/mol. The topological polar surface area (TPSA) is 35.2 Å². The molecule has 0 aliphatic carbocycles. The van der Waals surface area contributed by atoms with E-state index in [2.05, 4.69) is 36.4 Å². The van der Waals surface area contributed by atoms with Crippen LogP contribution in [0.3, 0.4) is 0 Å². The van der Waals surface area contributed by atoms with Crippen molar-refractivity contribution < 1.29 is 4.74 Å². The normalized spacial score (nSPS) is 18.7. The minimum absolute atomic E-state index is 0.154. The van der Waals surface area contributed by atoms with Gasteiger partial charge in [-0.2, -0.15) is 0 Å². The standard InChI is InChI=1S/C17H19NO/c18-15(10-13-6-2-1-3-7-13)12-16-11-14-8-4-5-9-17(14)19-16/h1-9,15-16H,10-12,18H2. The van der Waals surface area contributed by atoms with Crippen LogP contribution in [0.5, 0.6) is 5.75 Å². The highest BCUT2D eigenvalue weighted by atomic mass is 16.5. The lowest BCUT2D eigenvalue weighted by atomic mass is 9.99. The van der Waals surface area contributed by atoms with E-state index in [0.717, 1.165) is 25.0 Å². The van der Waals surface area contributed by atoms with Gasteiger partial charge in [-0.05, 0) is 23.6 Å². The van der Waals surface area contributed by atoms with Gasteiger partial charge >= 0.3 is 0 Å². The third kappa shape index (κ3) is 2.96. The highest BCUT2D eigenvalue weighted by Gasteiger charge is 2.24. The Morgan fingerprint density at radius 2 is 1.79 bits per heavy atom. The summed E-state index contributed by atoms with van der Waals surface area (Å²) in [7, 11) is 0. The number of hydrogen-bond donors (Lipinski definition) is 1. The van der Waals surface area contributed by atoms with E-state index in [1.165, 1.54) is 11.1 Å². The molecule has 0 saturated carbocycles. The van der Waals surface area contributed by atoms with Crippen molar-refractivity contribution in [1.29, 1.82) is 0 Å². The van der Waals surface area contributed by atoms with Crippen molar-refractivity contribution in [1.82, 2.24) is 0 Å². The van der Waals surface area contributed by atoms with E-state index in [4.69, 9.17) is 10.5 Å². The lowest BCUT2D eigenvalue weighted by Gasteiger charge is -2.16. The average molecular weight is 253 g/mol. The summed E-state index contributed by atoms with van der Waals surface area (Å²) in [5.41, 5.74) is 8.84.